The summed E-state index contributed by atoms with van der Waals surface area (Å²) in [7, 11) is 1.65. The molecule has 2 N–H and O–H groups in total. The monoisotopic (exact) mass is 472 g/mol. The fourth-order valence-corrected chi connectivity index (χ4v) is 4.69. The minimum Gasteiger partial charge on any atom is -0.497 e. The van der Waals surface area contributed by atoms with E-state index in [0.717, 1.165) is 65.3 Å². The van der Waals surface area contributed by atoms with Crippen molar-refractivity contribution >= 4 is 22.9 Å². The number of aliphatic carboxylic acids is 1. The number of nitrogens with one attached hydrogen (secondary N) is 1. The number of likely N-dealkylation sites (tertiary alicyclic amines) is 1. The molecule has 8 heteroatoms. The Labute approximate surface area is 203 Å². The lowest BCUT2D eigenvalue weighted by molar-refractivity contribution is -0.137. The smallest absolute Gasteiger partial charge is 0.304 e. The first-order valence-electron chi connectivity index (χ1n) is 11.8. The number of aromatic nitrogens is 2. The third kappa shape index (κ3) is 4.97. The maximum atomic E-state index is 11.0. The summed E-state index contributed by atoms with van der Waals surface area (Å²) in [5.74, 6) is 1.47. The SMILES string of the molecule is COc1ccc(-c2c(-c3ccccc3)oc3ncnc(NC4CCCN(CCC(=O)O)C4)c23)cc1. The summed E-state index contributed by atoms with van der Waals surface area (Å²) in [4.78, 5) is 22.3. The number of anilines is 1. The Morgan fingerprint density at radius 3 is 2.69 bits per heavy atom. The first-order valence-corrected chi connectivity index (χ1v) is 11.8. The van der Waals surface area contributed by atoms with Crippen LogP contribution in [0, 0.1) is 0 Å². The van der Waals surface area contributed by atoms with Gasteiger partial charge < -0.3 is 24.5 Å². The Morgan fingerprint density at radius 2 is 1.94 bits per heavy atom. The highest BCUT2D eigenvalue weighted by molar-refractivity contribution is 6.05. The molecule has 2 aromatic carbocycles. The summed E-state index contributed by atoms with van der Waals surface area (Å²) >= 11 is 0. The van der Waals surface area contributed by atoms with Crippen LogP contribution in [0.4, 0.5) is 5.82 Å². The number of carboxylic acids is 1. The second-order valence-corrected chi connectivity index (χ2v) is 8.73. The first-order chi connectivity index (χ1) is 17.1. The maximum absolute atomic E-state index is 11.0. The number of carboxylic acid groups (broad SMARTS) is 1. The number of ether oxygens (including phenoxy) is 1. The van der Waals surface area contributed by atoms with Crippen molar-refractivity contribution in [2.24, 2.45) is 0 Å². The zero-order valence-electron chi connectivity index (χ0n) is 19.6. The second kappa shape index (κ2) is 10.1. The molecular weight excluding hydrogens is 444 g/mol. The van der Waals surface area contributed by atoms with Gasteiger partial charge in [-0.3, -0.25) is 4.79 Å². The van der Waals surface area contributed by atoms with Crippen LogP contribution in [-0.2, 0) is 4.79 Å². The average Bonchev–Trinajstić information content (AvgIpc) is 3.29. The molecule has 0 saturated carbocycles. The molecule has 0 radical (unpaired) electrons. The predicted molar refractivity (Wildman–Crippen MR) is 135 cm³/mol. The van der Waals surface area contributed by atoms with Crippen LogP contribution in [0.5, 0.6) is 5.75 Å². The summed E-state index contributed by atoms with van der Waals surface area (Å²) in [6.45, 7) is 2.22. The maximum Gasteiger partial charge on any atom is 0.304 e. The van der Waals surface area contributed by atoms with Crippen LogP contribution >= 0.6 is 0 Å². The lowest BCUT2D eigenvalue weighted by Gasteiger charge is -2.33. The van der Waals surface area contributed by atoms with Crippen LogP contribution < -0.4 is 10.1 Å². The molecule has 1 aliphatic heterocycles. The van der Waals surface area contributed by atoms with Gasteiger partial charge in [0.25, 0.3) is 0 Å². The topological polar surface area (TPSA) is 101 Å². The third-order valence-corrected chi connectivity index (χ3v) is 6.39. The molecule has 1 atom stereocenters. The van der Waals surface area contributed by atoms with Gasteiger partial charge >= 0.3 is 5.97 Å². The van der Waals surface area contributed by atoms with Gasteiger partial charge in [0.1, 0.15) is 23.7 Å². The van der Waals surface area contributed by atoms with Gasteiger partial charge in [-0.2, -0.15) is 0 Å². The Kier molecular flexibility index (Phi) is 6.63. The third-order valence-electron chi connectivity index (χ3n) is 6.39. The van der Waals surface area contributed by atoms with Gasteiger partial charge in [-0.05, 0) is 37.1 Å². The van der Waals surface area contributed by atoms with Gasteiger partial charge in [0.2, 0.25) is 5.71 Å². The number of piperidine rings is 1. The van der Waals surface area contributed by atoms with E-state index in [0.29, 0.717) is 12.3 Å². The molecule has 0 bridgehead atoms. The lowest BCUT2D eigenvalue weighted by Crippen LogP contribution is -2.43. The van der Waals surface area contributed by atoms with Crippen molar-refractivity contribution in [1.82, 2.24) is 14.9 Å². The quantitative estimate of drug-likeness (QED) is 0.373. The van der Waals surface area contributed by atoms with Crippen LogP contribution in [0.15, 0.2) is 65.3 Å². The Balaban J connectivity index is 1.55. The number of hydrogen-bond donors (Lipinski definition) is 2. The number of furan rings is 1. The van der Waals surface area contributed by atoms with E-state index in [2.05, 4.69) is 20.2 Å². The van der Waals surface area contributed by atoms with Gasteiger partial charge in [0, 0.05) is 30.3 Å². The van der Waals surface area contributed by atoms with E-state index in [-0.39, 0.29) is 12.5 Å². The Bertz CT molecular complexity index is 1300. The van der Waals surface area contributed by atoms with Crippen LogP contribution in [0.2, 0.25) is 0 Å². The summed E-state index contributed by atoms with van der Waals surface area (Å²) < 4.78 is 11.7. The van der Waals surface area contributed by atoms with Crippen LogP contribution in [0.25, 0.3) is 33.6 Å². The predicted octanol–water partition coefficient (Wildman–Crippen LogP) is 4.92. The number of rotatable bonds is 8. The van der Waals surface area contributed by atoms with Gasteiger partial charge in [-0.15, -0.1) is 0 Å². The molecule has 180 valence electrons. The molecule has 0 spiro atoms. The molecule has 1 saturated heterocycles. The normalized spacial score (nSPS) is 16.3. The zero-order chi connectivity index (χ0) is 24.2. The molecule has 3 heterocycles. The molecule has 2 aromatic heterocycles. The number of carbonyl (C=O) groups is 1. The largest absolute Gasteiger partial charge is 0.497 e. The molecule has 4 aromatic rings. The van der Waals surface area contributed by atoms with Crippen molar-refractivity contribution in [3.63, 3.8) is 0 Å². The number of hydrogen-bond acceptors (Lipinski definition) is 7. The van der Waals surface area contributed by atoms with Crippen LogP contribution in [-0.4, -0.2) is 58.7 Å². The molecule has 5 rings (SSSR count). The summed E-state index contributed by atoms with van der Waals surface area (Å²) in [5.41, 5.74) is 3.38. The fourth-order valence-electron chi connectivity index (χ4n) is 4.69. The number of methoxy groups -OCH3 is 1. The Morgan fingerprint density at radius 1 is 1.14 bits per heavy atom. The second-order valence-electron chi connectivity index (χ2n) is 8.73. The molecule has 8 nitrogen and oxygen atoms in total. The van der Waals surface area contributed by atoms with E-state index >= 15 is 0 Å². The highest BCUT2D eigenvalue weighted by Crippen LogP contribution is 2.43. The molecule has 35 heavy (non-hydrogen) atoms. The minimum atomic E-state index is -0.770. The van der Waals surface area contributed by atoms with Crippen molar-refractivity contribution in [2.45, 2.75) is 25.3 Å². The van der Waals surface area contributed by atoms with E-state index in [1.54, 1.807) is 7.11 Å². The highest BCUT2D eigenvalue weighted by Gasteiger charge is 2.25. The van der Waals surface area contributed by atoms with E-state index in [9.17, 15) is 4.79 Å². The van der Waals surface area contributed by atoms with Gasteiger partial charge in [-0.25, -0.2) is 9.97 Å². The number of benzene rings is 2. The zero-order valence-corrected chi connectivity index (χ0v) is 19.6. The fraction of sp³-hybridized carbons (Fsp3) is 0.296. The van der Waals surface area contributed by atoms with E-state index in [4.69, 9.17) is 14.3 Å². The van der Waals surface area contributed by atoms with Crippen LogP contribution in [0.1, 0.15) is 19.3 Å². The summed E-state index contributed by atoms with van der Waals surface area (Å²) in [6, 6.07) is 18.0. The minimum absolute atomic E-state index is 0.147. The van der Waals surface area contributed by atoms with Gasteiger partial charge in [0.15, 0.2) is 0 Å². The first kappa shape index (κ1) is 22.9. The highest BCUT2D eigenvalue weighted by atomic mass is 16.5. The van der Waals surface area contributed by atoms with Crippen LogP contribution in [0.3, 0.4) is 0 Å². The summed E-state index contributed by atoms with van der Waals surface area (Å²) in [6.07, 6.45) is 3.65. The van der Waals surface area contributed by atoms with Crippen molar-refractivity contribution in [2.75, 3.05) is 32.1 Å². The van der Waals surface area contributed by atoms with Crippen molar-refractivity contribution < 1.29 is 19.1 Å². The standard InChI is InChI=1S/C27H28N4O4/c1-34-21-11-9-18(10-12-21)23-24-26(30-20-8-5-14-31(16-20)15-13-22(32)33)28-17-29-27(24)35-25(23)19-6-3-2-4-7-19/h2-4,6-7,9-12,17,20H,5,8,13-16H2,1H3,(H,32,33)(H,28,29,30). The average molecular weight is 473 g/mol. The van der Waals surface area contributed by atoms with Crippen molar-refractivity contribution in [1.29, 1.82) is 0 Å². The Hall–Kier alpha value is -3.91. The van der Waals surface area contributed by atoms with Gasteiger partial charge in [0.05, 0.1) is 18.9 Å². The van der Waals surface area contributed by atoms with Crippen molar-refractivity contribution in [3.05, 3.63) is 60.9 Å². The molecule has 1 unspecified atom stereocenters. The molecule has 0 aliphatic carbocycles. The number of nitrogens with zero attached hydrogens (tertiary/aromatic N) is 3. The molecule has 1 aliphatic rings. The number of fused-ring (bicyclic) bond motifs is 1. The molecule has 0 amide bonds. The van der Waals surface area contributed by atoms with E-state index < -0.39 is 5.97 Å². The van der Waals surface area contributed by atoms with Crippen molar-refractivity contribution in [3.8, 4) is 28.2 Å². The lowest BCUT2D eigenvalue weighted by atomic mass is 9.98. The van der Waals surface area contributed by atoms with E-state index in [1.165, 1.54) is 6.33 Å². The van der Waals surface area contributed by atoms with E-state index in [1.807, 2.05) is 54.6 Å². The summed E-state index contributed by atoms with van der Waals surface area (Å²) in [5, 5.41) is 13.5. The molecular formula is C27H28N4O4. The van der Waals surface area contributed by atoms with Gasteiger partial charge in [-0.1, -0.05) is 42.5 Å². The molecule has 1 fully saturated rings.